The van der Waals surface area contributed by atoms with Crippen LogP contribution in [0, 0.1) is 0 Å². The minimum atomic E-state index is -1.82. The van der Waals surface area contributed by atoms with Crippen LogP contribution in [0.5, 0.6) is 17.2 Å². The van der Waals surface area contributed by atoms with Gasteiger partial charge in [0.2, 0.25) is 5.75 Å². The number of rotatable bonds is 5. The number of aliphatic carboxylic acids is 2. The number of benzene rings is 1. The summed E-state index contributed by atoms with van der Waals surface area (Å²) in [4.78, 5) is 35.2. The fraction of sp³-hybridized carbons (Fsp3) is 0.526. The summed E-state index contributed by atoms with van der Waals surface area (Å²) in [6, 6.07) is 3.92. The smallest absolute Gasteiger partial charge is 0.414 e. The van der Waals surface area contributed by atoms with Crippen molar-refractivity contribution in [1.82, 2.24) is 9.80 Å². The van der Waals surface area contributed by atoms with Crippen molar-refractivity contribution in [2.45, 2.75) is 19.9 Å². The predicted octanol–water partition coefficient (Wildman–Crippen LogP) is 1.03. The highest BCUT2D eigenvalue weighted by molar-refractivity contribution is 6.27. The molecular weight excluding hydrogens is 384 g/mol. The van der Waals surface area contributed by atoms with Gasteiger partial charge in [-0.25, -0.2) is 9.59 Å². The molecule has 1 amide bonds. The van der Waals surface area contributed by atoms with Gasteiger partial charge in [0, 0.05) is 37.8 Å². The van der Waals surface area contributed by atoms with E-state index in [0.29, 0.717) is 28.9 Å². The van der Waals surface area contributed by atoms with Crippen LogP contribution in [0.15, 0.2) is 12.1 Å². The standard InChI is InChI=1S/C17H26N2O4.C2H2O4/c1-12(2)18-6-8-19(9-7-18)17(20)13-10-14(21-3)16(23-5)15(11-13)22-4;3-1(4)2(5)6/h10-12H,6-9H2,1-5H3;(H,3,4)(H,5,6). The molecule has 10 heteroatoms. The Bertz CT molecular complexity index is 690. The van der Waals surface area contributed by atoms with E-state index in [9.17, 15) is 4.79 Å². The van der Waals surface area contributed by atoms with Crippen LogP contribution in [0.4, 0.5) is 0 Å². The first-order valence-corrected chi connectivity index (χ1v) is 8.95. The normalized spacial score (nSPS) is 13.9. The first-order valence-electron chi connectivity index (χ1n) is 8.95. The van der Waals surface area contributed by atoms with Crippen LogP contribution < -0.4 is 14.2 Å². The maximum atomic E-state index is 12.8. The Kier molecular flexibility index (Phi) is 9.20. The molecule has 1 fully saturated rings. The van der Waals surface area contributed by atoms with Crippen molar-refractivity contribution in [1.29, 1.82) is 0 Å². The second kappa shape index (κ2) is 11.1. The van der Waals surface area contributed by atoms with E-state index in [0.717, 1.165) is 26.2 Å². The molecule has 2 N–H and O–H groups in total. The molecule has 1 saturated heterocycles. The molecule has 1 heterocycles. The van der Waals surface area contributed by atoms with Gasteiger partial charge in [-0.1, -0.05) is 0 Å². The Morgan fingerprint density at radius 3 is 1.62 bits per heavy atom. The third-order valence-corrected chi connectivity index (χ3v) is 4.43. The van der Waals surface area contributed by atoms with E-state index in [1.807, 2.05) is 4.90 Å². The molecule has 0 saturated carbocycles. The molecule has 1 aromatic rings. The van der Waals surface area contributed by atoms with E-state index < -0.39 is 11.9 Å². The second-order valence-corrected chi connectivity index (χ2v) is 6.45. The van der Waals surface area contributed by atoms with Gasteiger partial charge in [0.1, 0.15) is 0 Å². The zero-order chi connectivity index (χ0) is 22.1. The maximum absolute atomic E-state index is 12.8. The van der Waals surface area contributed by atoms with Gasteiger partial charge in [0.05, 0.1) is 21.3 Å². The van der Waals surface area contributed by atoms with Crippen LogP contribution in [-0.2, 0) is 9.59 Å². The average Bonchev–Trinajstić information content (AvgIpc) is 2.72. The number of carbonyl (C=O) groups excluding carboxylic acids is 1. The van der Waals surface area contributed by atoms with Crippen molar-refractivity contribution in [3.05, 3.63) is 17.7 Å². The lowest BCUT2D eigenvalue weighted by Gasteiger charge is -2.37. The third-order valence-electron chi connectivity index (χ3n) is 4.43. The van der Waals surface area contributed by atoms with Crippen molar-refractivity contribution < 1.29 is 38.8 Å². The molecule has 0 radical (unpaired) electrons. The summed E-state index contributed by atoms with van der Waals surface area (Å²) >= 11 is 0. The molecule has 0 unspecified atom stereocenters. The fourth-order valence-electron chi connectivity index (χ4n) is 2.83. The number of hydrogen-bond donors (Lipinski definition) is 2. The van der Waals surface area contributed by atoms with E-state index in [1.54, 1.807) is 33.5 Å². The largest absolute Gasteiger partial charge is 0.493 e. The highest BCUT2D eigenvalue weighted by Crippen LogP contribution is 2.38. The van der Waals surface area contributed by atoms with Crippen molar-refractivity contribution in [2.24, 2.45) is 0 Å². The number of ether oxygens (including phenoxy) is 3. The number of nitrogens with zero attached hydrogens (tertiary/aromatic N) is 2. The molecule has 0 aromatic heterocycles. The molecule has 10 nitrogen and oxygen atoms in total. The first-order chi connectivity index (χ1) is 13.7. The van der Waals surface area contributed by atoms with Crippen molar-refractivity contribution in [2.75, 3.05) is 47.5 Å². The maximum Gasteiger partial charge on any atom is 0.414 e. The summed E-state index contributed by atoms with van der Waals surface area (Å²) in [7, 11) is 4.65. The van der Waals surface area contributed by atoms with Gasteiger partial charge < -0.3 is 29.3 Å². The van der Waals surface area contributed by atoms with Crippen LogP contribution in [-0.4, -0.2) is 91.4 Å². The molecule has 2 rings (SSSR count). The van der Waals surface area contributed by atoms with Gasteiger partial charge in [-0.3, -0.25) is 9.69 Å². The van der Waals surface area contributed by atoms with Crippen LogP contribution >= 0.6 is 0 Å². The van der Waals surface area contributed by atoms with E-state index >= 15 is 0 Å². The number of amides is 1. The molecule has 1 aliphatic rings. The zero-order valence-electron chi connectivity index (χ0n) is 17.3. The van der Waals surface area contributed by atoms with Crippen LogP contribution in [0.1, 0.15) is 24.2 Å². The first kappa shape index (κ1) is 24.0. The zero-order valence-corrected chi connectivity index (χ0v) is 17.3. The SMILES string of the molecule is COc1cc(C(=O)N2CCN(C(C)C)CC2)cc(OC)c1OC.O=C(O)C(=O)O. The summed E-state index contributed by atoms with van der Waals surface area (Å²) in [6.45, 7) is 7.61. The molecule has 29 heavy (non-hydrogen) atoms. The second-order valence-electron chi connectivity index (χ2n) is 6.45. The molecule has 162 valence electrons. The summed E-state index contributed by atoms with van der Waals surface area (Å²) in [5.74, 6) is -2.17. The molecule has 0 atom stereocenters. The summed E-state index contributed by atoms with van der Waals surface area (Å²) in [5, 5.41) is 14.8. The Labute approximate surface area is 169 Å². The number of carbonyl (C=O) groups is 3. The van der Waals surface area contributed by atoms with Crippen LogP contribution in [0.3, 0.4) is 0 Å². The fourth-order valence-corrected chi connectivity index (χ4v) is 2.83. The van der Waals surface area contributed by atoms with Crippen LogP contribution in [0.2, 0.25) is 0 Å². The van der Waals surface area contributed by atoms with Gasteiger partial charge in [0.25, 0.3) is 5.91 Å². The van der Waals surface area contributed by atoms with E-state index in [-0.39, 0.29) is 5.91 Å². The van der Waals surface area contributed by atoms with Gasteiger partial charge in [0.15, 0.2) is 11.5 Å². The van der Waals surface area contributed by atoms with E-state index in [1.165, 1.54) is 0 Å². The minimum absolute atomic E-state index is 0.00680. The van der Waals surface area contributed by atoms with Gasteiger partial charge in [-0.15, -0.1) is 0 Å². The van der Waals surface area contributed by atoms with E-state index in [4.69, 9.17) is 34.0 Å². The minimum Gasteiger partial charge on any atom is -0.493 e. The number of methoxy groups -OCH3 is 3. The molecule has 0 bridgehead atoms. The lowest BCUT2D eigenvalue weighted by atomic mass is 10.1. The molecular formula is C19H28N2O8. The molecule has 1 aromatic carbocycles. The Morgan fingerprint density at radius 2 is 1.31 bits per heavy atom. The Hall–Kier alpha value is -3.01. The van der Waals surface area contributed by atoms with Gasteiger partial charge in [-0.05, 0) is 26.0 Å². The number of hydrogen-bond acceptors (Lipinski definition) is 7. The lowest BCUT2D eigenvalue weighted by molar-refractivity contribution is -0.159. The monoisotopic (exact) mass is 412 g/mol. The number of carboxylic acids is 2. The lowest BCUT2D eigenvalue weighted by Crippen LogP contribution is -2.50. The molecule has 0 spiro atoms. The van der Waals surface area contributed by atoms with E-state index in [2.05, 4.69) is 18.7 Å². The van der Waals surface area contributed by atoms with Gasteiger partial charge >= 0.3 is 11.9 Å². The van der Waals surface area contributed by atoms with Gasteiger partial charge in [-0.2, -0.15) is 0 Å². The summed E-state index contributed by atoms with van der Waals surface area (Å²) in [5.41, 5.74) is 0.553. The number of carboxylic acid groups (broad SMARTS) is 2. The highest BCUT2D eigenvalue weighted by Gasteiger charge is 2.25. The average molecular weight is 412 g/mol. The summed E-state index contributed by atoms with van der Waals surface area (Å²) in [6.07, 6.45) is 0. The summed E-state index contributed by atoms with van der Waals surface area (Å²) < 4.78 is 15.9. The predicted molar refractivity (Wildman–Crippen MR) is 104 cm³/mol. The molecule has 1 aliphatic heterocycles. The number of piperazine rings is 1. The van der Waals surface area contributed by atoms with Crippen LogP contribution in [0.25, 0.3) is 0 Å². The highest BCUT2D eigenvalue weighted by atomic mass is 16.5. The Morgan fingerprint density at radius 1 is 0.862 bits per heavy atom. The quantitative estimate of drug-likeness (QED) is 0.682. The Balaban J connectivity index is 0.000000612. The van der Waals surface area contributed by atoms with Crippen molar-refractivity contribution in [3.63, 3.8) is 0 Å². The van der Waals surface area contributed by atoms with Crippen molar-refractivity contribution in [3.8, 4) is 17.2 Å². The van der Waals surface area contributed by atoms with Crippen molar-refractivity contribution >= 4 is 17.8 Å². The molecule has 0 aliphatic carbocycles. The third kappa shape index (κ3) is 6.53. The topological polar surface area (TPSA) is 126 Å².